The Kier molecular flexibility index (Phi) is 4.17. The molecular formula is C15H23NO2. The summed E-state index contributed by atoms with van der Waals surface area (Å²) >= 11 is 0. The van der Waals surface area contributed by atoms with Crippen molar-refractivity contribution in [2.75, 3.05) is 6.54 Å². The maximum Gasteiger partial charge on any atom is 0.251 e. The van der Waals surface area contributed by atoms with Crippen molar-refractivity contribution < 1.29 is 9.90 Å². The van der Waals surface area contributed by atoms with E-state index in [1.165, 1.54) is 0 Å². The molecule has 18 heavy (non-hydrogen) atoms. The van der Waals surface area contributed by atoms with Gasteiger partial charge in [0.1, 0.15) is 0 Å². The first kappa shape index (κ1) is 14.7. The van der Waals surface area contributed by atoms with E-state index in [0.29, 0.717) is 5.56 Å². The summed E-state index contributed by atoms with van der Waals surface area (Å²) in [6.07, 6.45) is 0. The summed E-state index contributed by atoms with van der Waals surface area (Å²) in [6.45, 7) is 9.81. The smallest absolute Gasteiger partial charge is 0.251 e. The van der Waals surface area contributed by atoms with E-state index in [9.17, 15) is 9.90 Å². The zero-order valence-corrected chi connectivity index (χ0v) is 11.9. The minimum absolute atomic E-state index is 0.0807. The van der Waals surface area contributed by atoms with Gasteiger partial charge < -0.3 is 10.4 Å². The number of rotatable bonds is 3. The van der Waals surface area contributed by atoms with Crippen LogP contribution in [0.1, 0.15) is 50.5 Å². The van der Waals surface area contributed by atoms with Crippen molar-refractivity contribution in [1.29, 1.82) is 0 Å². The van der Waals surface area contributed by atoms with E-state index in [4.69, 9.17) is 0 Å². The summed E-state index contributed by atoms with van der Waals surface area (Å²) in [7, 11) is 0. The average molecular weight is 249 g/mol. The summed E-state index contributed by atoms with van der Waals surface area (Å²) in [6, 6.07) is 7.58. The lowest BCUT2D eigenvalue weighted by Crippen LogP contribution is -2.38. The second-order valence-electron chi connectivity index (χ2n) is 6.29. The molecule has 0 fully saturated rings. The standard InChI is InChI=1S/C15H23NO2/c1-14(2,3)12-9-7-6-8-11(12)13(17)16-10-15(4,5)18/h6-9,18H,10H2,1-5H3,(H,16,17). The Labute approximate surface area is 109 Å². The van der Waals surface area contributed by atoms with Crippen molar-refractivity contribution in [1.82, 2.24) is 5.32 Å². The lowest BCUT2D eigenvalue weighted by Gasteiger charge is -2.23. The van der Waals surface area contributed by atoms with Crippen LogP contribution in [-0.2, 0) is 5.41 Å². The van der Waals surface area contributed by atoms with Crippen LogP contribution in [0.3, 0.4) is 0 Å². The van der Waals surface area contributed by atoms with Gasteiger partial charge in [-0.1, -0.05) is 39.0 Å². The van der Waals surface area contributed by atoms with Crippen LogP contribution >= 0.6 is 0 Å². The summed E-state index contributed by atoms with van der Waals surface area (Å²) in [4.78, 5) is 12.1. The van der Waals surface area contributed by atoms with Gasteiger partial charge >= 0.3 is 0 Å². The van der Waals surface area contributed by atoms with Crippen LogP contribution in [0.5, 0.6) is 0 Å². The molecule has 0 aromatic heterocycles. The third kappa shape index (κ3) is 4.15. The number of hydrogen-bond donors (Lipinski definition) is 2. The molecule has 0 saturated heterocycles. The molecule has 0 aliphatic rings. The molecule has 0 atom stereocenters. The maximum absolute atomic E-state index is 12.1. The third-order valence-corrected chi connectivity index (χ3v) is 2.66. The molecule has 0 spiro atoms. The van der Waals surface area contributed by atoms with Crippen LogP contribution in [0.4, 0.5) is 0 Å². The van der Waals surface area contributed by atoms with Crippen LogP contribution in [0, 0.1) is 0 Å². The molecule has 0 unspecified atom stereocenters. The number of carbonyl (C=O) groups is 1. The summed E-state index contributed by atoms with van der Waals surface area (Å²) in [5, 5.41) is 12.4. The quantitative estimate of drug-likeness (QED) is 0.864. The van der Waals surface area contributed by atoms with Crippen molar-refractivity contribution in [3.05, 3.63) is 35.4 Å². The Hall–Kier alpha value is -1.35. The van der Waals surface area contributed by atoms with Crippen molar-refractivity contribution in [2.24, 2.45) is 0 Å². The molecule has 100 valence electrons. The molecule has 3 heteroatoms. The molecule has 0 aliphatic heterocycles. The highest BCUT2D eigenvalue weighted by atomic mass is 16.3. The first-order chi connectivity index (χ1) is 8.11. The van der Waals surface area contributed by atoms with E-state index < -0.39 is 5.60 Å². The van der Waals surface area contributed by atoms with Crippen LogP contribution in [0.15, 0.2) is 24.3 Å². The van der Waals surface area contributed by atoms with Gasteiger partial charge in [-0.2, -0.15) is 0 Å². The Balaban J connectivity index is 2.93. The minimum Gasteiger partial charge on any atom is -0.389 e. The zero-order chi connectivity index (χ0) is 14.0. The number of benzene rings is 1. The third-order valence-electron chi connectivity index (χ3n) is 2.66. The second-order valence-corrected chi connectivity index (χ2v) is 6.29. The Morgan fingerprint density at radius 2 is 1.72 bits per heavy atom. The molecule has 1 amide bonds. The van der Waals surface area contributed by atoms with E-state index in [1.807, 2.05) is 24.3 Å². The van der Waals surface area contributed by atoms with Crippen molar-refractivity contribution >= 4 is 5.91 Å². The van der Waals surface area contributed by atoms with E-state index in [2.05, 4.69) is 26.1 Å². The van der Waals surface area contributed by atoms with Crippen LogP contribution in [0.25, 0.3) is 0 Å². The molecule has 2 N–H and O–H groups in total. The van der Waals surface area contributed by atoms with Crippen molar-refractivity contribution in [2.45, 2.75) is 45.6 Å². The molecular weight excluding hydrogens is 226 g/mol. The fraction of sp³-hybridized carbons (Fsp3) is 0.533. The highest BCUT2D eigenvalue weighted by Gasteiger charge is 2.22. The predicted molar refractivity (Wildman–Crippen MR) is 73.8 cm³/mol. The number of hydrogen-bond acceptors (Lipinski definition) is 2. The molecule has 1 rings (SSSR count). The minimum atomic E-state index is -0.896. The van der Waals surface area contributed by atoms with Gasteiger partial charge in [0.25, 0.3) is 5.91 Å². The van der Waals surface area contributed by atoms with Crippen molar-refractivity contribution in [3.63, 3.8) is 0 Å². The van der Waals surface area contributed by atoms with Gasteiger partial charge in [-0.15, -0.1) is 0 Å². The summed E-state index contributed by atoms with van der Waals surface area (Å²) < 4.78 is 0. The molecule has 0 bridgehead atoms. The fourth-order valence-electron chi connectivity index (χ4n) is 1.73. The number of aliphatic hydroxyl groups is 1. The Bertz CT molecular complexity index is 425. The van der Waals surface area contributed by atoms with Gasteiger partial charge in [-0.25, -0.2) is 0 Å². The maximum atomic E-state index is 12.1. The molecule has 0 heterocycles. The largest absolute Gasteiger partial charge is 0.389 e. The Morgan fingerprint density at radius 3 is 2.22 bits per heavy atom. The number of nitrogens with one attached hydrogen (secondary N) is 1. The van der Waals surface area contributed by atoms with Crippen LogP contribution in [0.2, 0.25) is 0 Å². The molecule has 1 aromatic rings. The predicted octanol–water partition coefficient (Wildman–Crippen LogP) is 2.48. The summed E-state index contributed by atoms with van der Waals surface area (Å²) in [5.74, 6) is -0.136. The lowest BCUT2D eigenvalue weighted by atomic mass is 9.83. The van der Waals surface area contributed by atoms with Crippen LogP contribution < -0.4 is 5.32 Å². The van der Waals surface area contributed by atoms with Gasteiger partial charge in [-0.3, -0.25) is 4.79 Å². The first-order valence-electron chi connectivity index (χ1n) is 6.21. The van der Waals surface area contributed by atoms with Gasteiger partial charge in [0.2, 0.25) is 0 Å². The molecule has 1 aromatic carbocycles. The lowest BCUT2D eigenvalue weighted by molar-refractivity contribution is 0.0693. The van der Waals surface area contributed by atoms with Crippen LogP contribution in [-0.4, -0.2) is 23.2 Å². The zero-order valence-electron chi connectivity index (χ0n) is 11.9. The first-order valence-corrected chi connectivity index (χ1v) is 6.21. The number of amides is 1. The normalized spacial score (nSPS) is 12.3. The monoisotopic (exact) mass is 249 g/mol. The molecule has 3 nitrogen and oxygen atoms in total. The molecule has 0 saturated carbocycles. The van der Waals surface area contributed by atoms with Gasteiger partial charge in [0, 0.05) is 12.1 Å². The Morgan fingerprint density at radius 1 is 1.17 bits per heavy atom. The SMILES string of the molecule is CC(C)(O)CNC(=O)c1ccccc1C(C)(C)C. The van der Waals surface area contributed by atoms with E-state index in [0.717, 1.165) is 5.56 Å². The van der Waals surface area contributed by atoms with E-state index >= 15 is 0 Å². The van der Waals surface area contributed by atoms with E-state index in [-0.39, 0.29) is 17.9 Å². The molecule has 0 aliphatic carbocycles. The van der Waals surface area contributed by atoms with E-state index in [1.54, 1.807) is 13.8 Å². The number of carbonyl (C=O) groups excluding carboxylic acids is 1. The summed E-state index contributed by atoms with van der Waals surface area (Å²) in [5.41, 5.74) is 0.710. The molecule has 0 radical (unpaired) electrons. The van der Waals surface area contributed by atoms with Crippen molar-refractivity contribution in [3.8, 4) is 0 Å². The highest BCUT2D eigenvalue weighted by Crippen LogP contribution is 2.25. The van der Waals surface area contributed by atoms with Gasteiger partial charge in [0.05, 0.1) is 5.60 Å². The van der Waals surface area contributed by atoms with Gasteiger partial charge in [-0.05, 0) is 30.9 Å². The average Bonchev–Trinajstić information content (AvgIpc) is 2.24. The fourth-order valence-corrected chi connectivity index (χ4v) is 1.73. The highest BCUT2D eigenvalue weighted by molar-refractivity contribution is 5.96. The second kappa shape index (κ2) is 5.11. The van der Waals surface area contributed by atoms with Gasteiger partial charge in [0.15, 0.2) is 0 Å². The topological polar surface area (TPSA) is 49.3 Å².